The van der Waals surface area contributed by atoms with Gasteiger partial charge in [0.1, 0.15) is 0 Å². The molecule has 0 spiro atoms. The van der Waals surface area contributed by atoms with E-state index in [0.29, 0.717) is 18.3 Å². The first kappa shape index (κ1) is 15.5. The minimum absolute atomic E-state index is 0.197. The first-order valence-electron chi connectivity index (χ1n) is 7.24. The zero-order valence-electron chi connectivity index (χ0n) is 12.8. The molecule has 0 N–H and O–H groups in total. The van der Waals surface area contributed by atoms with Crippen LogP contribution in [0, 0.1) is 12.8 Å². The number of rotatable bonds is 3. The SMILES string of the molecule is Cc1nn(C(C)C)cc1CN1CCS(=O)(=O)C[C@@H](C)C1. The minimum Gasteiger partial charge on any atom is -0.298 e. The van der Waals surface area contributed by atoms with Crippen LogP contribution in [0.15, 0.2) is 6.20 Å². The Labute approximate surface area is 121 Å². The molecule has 1 aliphatic rings. The van der Waals surface area contributed by atoms with E-state index >= 15 is 0 Å². The van der Waals surface area contributed by atoms with Gasteiger partial charge in [-0.05, 0) is 26.7 Å². The van der Waals surface area contributed by atoms with Crippen molar-refractivity contribution >= 4 is 9.84 Å². The Kier molecular flexibility index (Phi) is 4.54. The molecule has 1 atom stereocenters. The third-order valence-electron chi connectivity index (χ3n) is 3.77. The van der Waals surface area contributed by atoms with Crippen molar-refractivity contribution in [1.29, 1.82) is 0 Å². The Hall–Kier alpha value is -0.880. The Morgan fingerprint density at radius 3 is 2.75 bits per heavy atom. The summed E-state index contributed by atoms with van der Waals surface area (Å²) in [5, 5.41) is 4.52. The van der Waals surface area contributed by atoms with Crippen LogP contribution in [0.3, 0.4) is 0 Å². The molecule has 6 heteroatoms. The molecule has 0 bridgehead atoms. The van der Waals surface area contributed by atoms with E-state index in [1.807, 2.05) is 18.5 Å². The molecule has 2 rings (SSSR count). The van der Waals surface area contributed by atoms with Crippen LogP contribution in [0.1, 0.15) is 38.1 Å². The number of nitrogens with zero attached hydrogens (tertiary/aromatic N) is 3. The molecule has 0 aliphatic carbocycles. The van der Waals surface area contributed by atoms with Gasteiger partial charge in [-0.2, -0.15) is 5.10 Å². The molecule has 1 saturated heterocycles. The van der Waals surface area contributed by atoms with Gasteiger partial charge in [-0.15, -0.1) is 0 Å². The highest BCUT2D eigenvalue weighted by atomic mass is 32.2. The fourth-order valence-electron chi connectivity index (χ4n) is 2.69. The Bertz CT molecular complexity index is 563. The van der Waals surface area contributed by atoms with Gasteiger partial charge < -0.3 is 0 Å². The van der Waals surface area contributed by atoms with Crippen molar-refractivity contribution in [2.24, 2.45) is 5.92 Å². The summed E-state index contributed by atoms with van der Waals surface area (Å²) in [6.45, 7) is 10.5. The lowest BCUT2D eigenvalue weighted by atomic mass is 10.2. The monoisotopic (exact) mass is 299 g/mol. The summed E-state index contributed by atoms with van der Waals surface area (Å²) in [6.07, 6.45) is 2.09. The molecular formula is C14H25N3O2S. The first-order valence-corrected chi connectivity index (χ1v) is 9.06. The zero-order chi connectivity index (χ0) is 14.9. The number of hydrogen-bond donors (Lipinski definition) is 0. The molecule has 1 fully saturated rings. The van der Waals surface area contributed by atoms with E-state index in [1.165, 1.54) is 5.56 Å². The molecule has 1 aromatic rings. The second-order valence-electron chi connectivity index (χ2n) is 6.27. The highest BCUT2D eigenvalue weighted by molar-refractivity contribution is 7.91. The van der Waals surface area contributed by atoms with E-state index in [9.17, 15) is 8.42 Å². The number of hydrogen-bond acceptors (Lipinski definition) is 4. The van der Waals surface area contributed by atoms with E-state index in [4.69, 9.17) is 0 Å². The predicted octanol–water partition coefficient (Wildman–Crippen LogP) is 1.64. The van der Waals surface area contributed by atoms with Crippen molar-refractivity contribution in [2.45, 2.75) is 40.3 Å². The topological polar surface area (TPSA) is 55.2 Å². The largest absolute Gasteiger partial charge is 0.298 e. The summed E-state index contributed by atoms with van der Waals surface area (Å²) in [7, 11) is -2.87. The van der Waals surface area contributed by atoms with Crippen LogP contribution in [0.5, 0.6) is 0 Å². The second kappa shape index (κ2) is 5.85. The Balaban J connectivity index is 2.10. The lowest BCUT2D eigenvalue weighted by Gasteiger charge is -2.21. The van der Waals surface area contributed by atoms with Crippen LogP contribution < -0.4 is 0 Å². The maximum absolute atomic E-state index is 11.8. The van der Waals surface area contributed by atoms with Crippen LogP contribution in [0.25, 0.3) is 0 Å². The standard InChI is InChI=1S/C14H25N3O2S/c1-11(2)17-9-14(13(4)15-17)8-16-5-6-20(18,19)10-12(3)7-16/h9,11-12H,5-8,10H2,1-4H3/t12-/m0/s1. The average Bonchev–Trinajstić information content (AvgIpc) is 2.61. The molecular weight excluding hydrogens is 274 g/mol. The Morgan fingerprint density at radius 1 is 1.45 bits per heavy atom. The van der Waals surface area contributed by atoms with Crippen molar-refractivity contribution in [2.75, 3.05) is 24.6 Å². The molecule has 0 amide bonds. The number of aryl methyl sites for hydroxylation is 1. The molecule has 1 aliphatic heterocycles. The fraction of sp³-hybridized carbons (Fsp3) is 0.786. The van der Waals surface area contributed by atoms with Crippen molar-refractivity contribution in [3.8, 4) is 0 Å². The summed E-state index contributed by atoms with van der Waals surface area (Å²) < 4.78 is 25.6. The third-order valence-corrected chi connectivity index (χ3v) is 5.65. The van der Waals surface area contributed by atoms with Gasteiger partial charge in [-0.25, -0.2) is 8.42 Å². The van der Waals surface area contributed by atoms with Crippen molar-refractivity contribution in [3.63, 3.8) is 0 Å². The van der Waals surface area contributed by atoms with Gasteiger partial charge >= 0.3 is 0 Å². The predicted molar refractivity (Wildman–Crippen MR) is 80.4 cm³/mol. The van der Waals surface area contributed by atoms with Crippen molar-refractivity contribution in [3.05, 3.63) is 17.5 Å². The molecule has 1 aromatic heterocycles. The van der Waals surface area contributed by atoms with E-state index in [-0.39, 0.29) is 11.7 Å². The quantitative estimate of drug-likeness (QED) is 0.851. The van der Waals surface area contributed by atoms with Gasteiger partial charge in [0.2, 0.25) is 0 Å². The highest BCUT2D eigenvalue weighted by Crippen LogP contribution is 2.17. The summed E-state index contributed by atoms with van der Waals surface area (Å²) in [4.78, 5) is 2.24. The van der Waals surface area contributed by atoms with Gasteiger partial charge in [-0.1, -0.05) is 6.92 Å². The lowest BCUT2D eigenvalue weighted by Crippen LogP contribution is -2.28. The van der Waals surface area contributed by atoms with Gasteiger partial charge in [0.15, 0.2) is 9.84 Å². The molecule has 0 saturated carbocycles. The van der Waals surface area contributed by atoms with E-state index in [0.717, 1.165) is 18.8 Å². The van der Waals surface area contributed by atoms with Crippen LogP contribution in [-0.2, 0) is 16.4 Å². The van der Waals surface area contributed by atoms with Gasteiger partial charge in [-0.3, -0.25) is 9.58 Å². The molecule has 0 aromatic carbocycles. The zero-order valence-corrected chi connectivity index (χ0v) is 13.7. The molecule has 0 radical (unpaired) electrons. The normalized spacial score (nSPS) is 23.9. The highest BCUT2D eigenvalue weighted by Gasteiger charge is 2.24. The minimum atomic E-state index is -2.87. The average molecular weight is 299 g/mol. The number of aromatic nitrogens is 2. The van der Waals surface area contributed by atoms with Crippen LogP contribution in [0.4, 0.5) is 0 Å². The van der Waals surface area contributed by atoms with Crippen LogP contribution in [-0.4, -0.2) is 47.7 Å². The van der Waals surface area contributed by atoms with Gasteiger partial charge in [0.25, 0.3) is 0 Å². The van der Waals surface area contributed by atoms with E-state index in [1.54, 1.807) is 0 Å². The Morgan fingerprint density at radius 2 is 2.15 bits per heavy atom. The van der Waals surface area contributed by atoms with E-state index in [2.05, 4.69) is 30.0 Å². The van der Waals surface area contributed by atoms with E-state index < -0.39 is 9.84 Å². The van der Waals surface area contributed by atoms with Crippen LogP contribution in [0.2, 0.25) is 0 Å². The summed E-state index contributed by atoms with van der Waals surface area (Å²) in [6, 6.07) is 0.353. The molecule has 0 unspecified atom stereocenters. The maximum atomic E-state index is 11.8. The first-order chi connectivity index (χ1) is 9.27. The van der Waals surface area contributed by atoms with Crippen molar-refractivity contribution in [1.82, 2.24) is 14.7 Å². The maximum Gasteiger partial charge on any atom is 0.151 e. The smallest absolute Gasteiger partial charge is 0.151 e. The number of sulfone groups is 1. The second-order valence-corrected chi connectivity index (χ2v) is 8.50. The third kappa shape index (κ3) is 3.82. The van der Waals surface area contributed by atoms with Crippen molar-refractivity contribution < 1.29 is 8.42 Å². The molecule has 114 valence electrons. The summed E-state index contributed by atoms with van der Waals surface area (Å²) >= 11 is 0. The van der Waals surface area contributed by atoms with Crippen LogP contribution >= 0.6 is 0 Å². The molecule has 5 nitrogen and oxygen atoms in total. The molecule has 20 heavy (non-hydrogen) atoms. The lowest BCUT2D eigenvalue weighted by molar-refractivity contribution is 0.256. The fourth-order valence-corrected chi connectivity index (χ4v) is 4.37. The summed E-state index contributed by atoms with van der Waals surface area (Å²) in [5.41, 5.74) is 2.24. The van der Waals surface area contributed by atoms with Gasteiger partial charge in [0.05, 0.1) is 17.2 Å². The molecule has 2 heterocycles. The van der Waals surface area contributed by atoms with Gasteiger partial charge in [0, 0.05) is 37.4 Å². The summed E-state index contributed by atoms with van der Waals surface area (Å²) in [5.74, 6) is 0.783.